The summed E-state index contributed by atoms with van der Waals surface area (Å²) in [4.78, 5) is 23.0. The zero-order valence-corrected chi connectivity index (χ0v) is 10.2. The van der Waals surface area contributed by atoms with E-state index in [-0.39, 0.29) is 6.42 Å². The number of fused-ring (bicyclic) bond motifs is 1. The number of aliphatic carboxylic acids is 1. The van der Waals surface area contributed by atoms with Crippen LogP contribution in [-0.2, 0) is 16.0 Å². The fourth-order valence-electron chi connectivity index (χ4n) is 1.67. The lowest BCUT2D eigenvalue weighted by atomic mass is 9.95. The summed E-state index contributed by atoms with van der Waals surface area (Å²) in [6.07, 6.45) is -0.100. The normalized spacial score (nSPS) is 14.3. The average molecular weight is 264 g/mol. The first-order valence-electron chi connectivity index (χ1n) is 5.23. The van der Waals surface area contributed by atoms with Gasteiger partial charge in [-0.25, -0.2) is 4.79 Å². The van der Waals surface area contributed by atoms with Crippen molar-refractivity contribution in [3.05, 3.63) is 35.2 Å². The van der Waals surface area contributed by atoms with Gasteiger partial charge in [0.25, 0.3) is 0 Å². The van der Waals surface area contributed by atoms with Crippen LogP contribution < -0.4 is 11.5 Å². The molecule has 5 N–H and O–H groups in total. The second-order valence-electron chi connectivity index (χ2n) is 4.07. The topological polar surface area (TPSA) is 106 Å². The number of carbonyl (C=O) groups is 2. The molecule has 0 bridgehead atoms. The van der Waals surface area contributed by atoms with Crippen molar-refractivity contribution >= 4 is 33.3 Å². The first-order chi connectivity index (χ1) is 8.43. The largest absolute Gasteiger partial charge is 0.479 e. The summed E-state index contributed by atoms with van der Waals surface area (Å²) >= 11 is 1.41. The molecule has 0 fully saturated rings. The van der Waals surface area contributed by atoms with Gasteiger partial charge in [-0.1, -0.05) is 18.2 Å². The molecule has 0 aliphatic heterocycles. The first kappa shape index (κ1) is 12.5. The SMILES string of the molecule is NC(=O)C(N)(Cc1cc2ccccc2s1)C(=O)O. The molecule has 0 saturated carbocycles. The predicted molar refractivity (Wildman–Crippen MR) is 69.3 cm³/mol. The minimum Gasteiger partial charge on any atom is -0.479 e. The van der Waals surface area contributed by atoms with Crippen LogP contribution in [0.5, 0.6) is 0 Å². The van der Waals surface area contributed by atoms with Crippen molar-refractivity contribution in [3.8, 4) is 0 Å². The van der Waals surface area contributed by atoms with E-state index in [9.17, 15) is 9.59 Å². The number of hydrogen-bond donors (Lipinski definition) is 3. The molecule has 94 valence electrons. The van der Waals surface area contributed by atoms with Crippen LogP contribution >= 0.6 is 11.3 Å². The summed E-state index contributed by atoms with van der Waals surface area (Å²) in [5.74, 6) is -2.44. The van der Waals surface area contributed by atoms with Gasteiger partial charge in [-0.3, -0.25) is 4.79 Å². The van der Waals surface area contributed by atoms with Crippen molar-refractivity contribution in [2.24, 2.45) is 11.5 Å². The number of nitrogens with two attached hydrogens (primary N) is 2. The van der Waals surface area contributed by atoms with Gasteiger partial charge in [0.1, 0.15) is 0 Å². The molecule has 2 rings (SSSR count). The molecule has 1 unspecified atom stereocenters. The molecule has 1 atom stereocenters. The molecule has 1 heterocycles. The molecule has 5 nitrogen and oxygen atoms in total. The summed E-state index contributed by atoms with van der Waals surface area (Å²) in [6, 6.07) is 9.45. The van der Waals surface area contributed by atoms with Gasteiger partial charge in [0.15, 0.2) is 5.54 Å². The quantitative estimate of drug-likeness (QED) is 0.707. The van der Waals surface area contributed by atoms with E-state index in [0.717, 1.165) is 15.0 Å². The summed E-state index contributed by atoms with van der Waals surface area (Å²) in [5.41, 5.74) is 8.59. The monoisotopic (exact) mass is 264 g/mol. The Kier molecular flexibility index (Phi) is 3.06. The van der Waals surface area contributed by atoms with E-state index >= 15 is 0 Å². The van der Waals surface area contributed by atoms with Crippen LogP contribution in [0.25, 0.3) is 10.1 Å². The van der Waals surface area contributed by atoms with E-state index < -0.39 is 17.4 Å². The predicted octanol–water partition coefficient (Wildman–Crippen LogP) is 0.711. The van der Waals surface area contributed by atoms with Crippen molar-refractivity contribution in [3.63, 3.8) is 0 Å². The number of hydrogen-bond acceptors (Lipinski definition) is 4. The molecule has 1 aromatic heterocycles. The van der Waals surface area contributed by atoms with Crippen LogP contribution in [0.4, 0.5) is 0 Å². The lowest BCUT2D eigenvalue weighted by Crippen LogP contribution is -2.59. The van der Waals surface area contributed by atoms with E-state index in [1.165, 1.54) is 11.3 Å². The number of rotatable bonds is 4. The highest BCUT2D eigenvalue weighted by atomic mass is 32.1. The number of carboxylic acids is 1. The highest BCUT2D eigenvalue weighted by Gasteiger charge is 2.41. The molecule has 0 radical (unpaired) electrons. The first-order valence-corrected chi connectivity index (χ1v) is 6.05. The molecule has 1 amide bonds. The molecule has 0 aliphatic rings. The third-order valence-corrected chi connectivity index (χ3v) is 3.87. The third-order valence-electron chi connectivity index (χ3n) is 2.75. The van der Waals surface area contributed by atoms with E-state index in [0.29, 0.717) is 0 Å². The van der Waals surface area contributed by atoms with E-state index in [1.54, 1.807) is 0 Å². The third kappa shape index (κ3) is 2.07. The Bertz CT molecular complexity index is 574. The molecule has 0 saturated heterocycles. The maximum Gasteiger partial charge on any atom is 0.333 e. The smallest absolute Gasteiger partial charge is 0.333 e. The van der Waals surface area contributed by atoms with Crippen LogP contribution in [0.2, 0.25) is 0 Å². The number of primary amides is 1. The Morgan fingerprint density at radius 2 is 2.00 bits per heavy atom. The Morgan fingerprint density at radius 1 is 1.33 bits per heavy atom. The molecule has 0 spiro atoms. The maximum atomic E-state index is 11.2. The van der Waals surface area contributed by atoms with E-state index in [4.69, 9.17) is 16.6 Å². The number of amides is 1. The zero-order chi connectivity index (χ0) is 13.3. The Labute approximate surface area is 107 Å². The molecular weight excluding hydrogens is 252 g/mol. The second-order valence-corrected chi connectivity index (χ2v) is 5.24. The number of thiophene rings is 1. The number of carbonyl (C=O) groups excluding carboxylic acids is 1. The van der Waals surface area contributed by atoms with Gasteiger partial charge < -0.3 is 16.6 Å². The highest BCUT2D eigenvalue weighted by molar-refractivity contribution is 7.19. The summed E-state index contributed by atoms with van der Waals surface area (Å²) < 4.78 is 1.02. The van der Waals surface area contributed by atoms with Gasteiger partial charge in [0, 0.05) is 16.0 Å². The number of benzene rings is 1. The van der Waals surface area contributed by atoms with Crippen LogP contribution in [-0.4, -0.2) is 22.5 Å². The van der Waals surface area contributed by atoms with Crippen LogP contribution in [0.1, 0.15) is 4.88 Å². The standard InChI is InChI=1S/C12H12N2O3S/c13-10(15)12(14,11(16)17)6-8-5-7-3-1-2-4-9(7)18-8/h1-5H,6,14H2,(H2,13,15)(H,16,17). The van der Waals surface area contributed by atoms with Crippen molar-refractivity contribution in [2.45, 2.75) is 12.0 Å². The molecule has 6 heteroatoms. The zero-order valence-electron chi connectivity index (χ0n) is 9.42. The lowest BCUT2D eigenvalue weighted by molar-refractivity contribution is -0.147. The van der Waals surface area contributed by atoms with Gasteiger partial charge in [0.2, 0.25) is 5.91 Å². The molecular formula is C12H12N2O3S. The minimum absolute atomic E-state index is 0.100. The van der Waals surface area contributed by atoms with Crippen molar-refractivity contribution in [1.29, 1.82) is 0 Å². The fourth-order valence-corrected chi connectivity index (χ4v) is 2.83. The van der Waals surface area contributed by atoms with Crippen molar-refractivity contribution in [1.82, 2.24) is 0 Å². The number of carboxylic acid groups (broad SMARTS) is 1. The molecule has 2 aromatic rings. The second kappa shape index (κ2) is 4.40. The Morgan fingerprint density at radius 3 is 2.56 bits per heavy atom. The maximum absolute atomic E-state index is 11.2. The summed E-state index contributed by atoms with van der Waals surface area (Å²) in [5, 5.41) is 10.0. The highest BCUT2D eigenvalue weighted by Crippen LogP contribution is 2.27. The van der Waals surface area contributed by atoms with Crippen molar-refractivity contribution in [2.75, 3.05) is 0 Å². The van der Waals surface area contributed by atoms with Gasteiger partial charge in [0.05, 0.1) is 0 Å². The van der Waals surface area contributed by atoms with E-state index in [2.05, 4.69) is 0 Å². The van der Waals surface area contributed by atoms with Gasteiger partial charge >= 0.3 is 5.97 Å². The minimum atomic E-state index is -2.05. The van der Waals surface area contributed by atoms with Gasteiger partial charge in [-0.2, -0.15) is 0 Å². The molecule has 0 aliphatic carbocycles. The summed E-state index contributed by atoms with van der Waals surface area (Å²) in [7, 11) is 0. The lowest BCUT2D eigenvalue weighted by Gasteiger charge is -2.19. The average Bonchev–Trinajstić information content (AvgIpc) is 2.70. The van der Waals surface area contributed by atoms with Crippen molar-refractivity contribution < 1.29 is 14.7 Å². The van der Waals surface area contributed by atoms with Crippen LogP contribution in [0, 0.1) is 0 Å². The molecule has 1 aromatic carbocycles. The summed E-state index contributed by atoms with van der Waals surface area (Å²) in [6.45, 7) is 0. The van der Waals surface area contributed by atoms with Crippen LogP contribution in [0.15, 0.2) is 30.3 Å². The van der Waals surface area contributed by atoms with Crippen LogP contribution in [0.3, 0.4) is 0 Å². The fraction of sp³-hybridized carbons (Fsp3) is 0.167. The van der Waals surface area contributed by atoms with Gasteiger partial charge in [-0.05, 0) is 17.5 Å². The Hall–Kier alpha value is -1.92. The Balaban J connectivity index is 2.38. The van der Waals surface area contributed by atoms with E-state index in [1.807, 2.05) is 30.3 Å². The van der Waals surface area contributed by atoms with Gasteiger partial charge in [-0.15, -0.1) is 11.3 Å². The molecule has 18 heavy (non-hydrogen) atoms.